The molecule has 0 bridgehead atoms. The van der Waals surface area contributed by atoms with E-state index in [-0.39, 0.29) is 30.0 Å². The second-order valence-corrected chi connectivity index (χ2v) is 6.69. The number of rotatable bonds is 4. The Morgan fingerprint density at radius 3 is 2.46 bits per heavy atom. The van der Waals surface area contributed by atoms with E-state index in [1.54, 1.807) is 24.3 Å². The molecule has 1 saturated heterocycles. The predicted molar refractivity (Wildman–Crippen MR) is 96.6 cm³/mol. The molecule has 2 N–H and O–H groups in total. The van der Waals surface area contributed by atoms with E-state index >= 15 is 0 Å². The summed E-state index contributed by atoms with van der Waals surface area (Å²) in [6.07, 6.45) is 0. The van der Waals surface area contributed by atoms with Gasteiger partial charge in [-0.05, 0) is 42.0 Å². The van der Waals surface area contributed by atoms with Gasteiger partial charge in [-0.2, -0.15) is 0 Å². The number of benzene rings is 2. The summed E-state index contributed by atoms with van der Waals surface area (Å²) in [6.45, 7) is -0.379. The van der Waals surface area contributed by atoms with Crippen molar-refractivity contribution in [3.63, 3.8) is 0 Å². The van der Waals surface area contributed by atoms with Crippen molar-refractivity contribution in [3.8, 4) is 0 Å². The number of likely N-dealkylation sites (tertiary alicyclic amines) is 1. The highest BCUT2D eigenvalue weighted by Crippen LogP contribution is 2.39. The van der Waals surface area contributed by atoms with Gasteiger partial charge in [0.2, 0.25) is 0 Å². The number of Topliss-reactive ketones (excluding diaryl/α,β-unsaturated/α-hetero) is 1. The van der Waals surface area contributed by atoms with Crippen molar-refractivity contribution in [2.24, 2.45) is 0 Å². The fraction of sp³-hybridized carbons (Fsp3) is 0.158. The maximum atomic E-state index is 13.2. The molecular weight excluding hydrogens is 405 g/mol. The molecular formula is C19H15BrFNO4. The van der Waals surface area contributed by atoms with Gasteiger partial charge < -0.3 is 15.1 Å². The van der Waals surface area contributed by atoms with Crippen LogP contribution in [-0.2, 0) is 9.59 Å². The molecule has 1 atom stereocenters. The number of hydrogen-bond donors (Lipinski definition) is 2. The third-order valence-electron chi connectivity index (χ3n) is 4.16. The van der Waals surface area contributed by atoms with E-state index in [1.807, 2.05) is 0 Å². The van der Waals surface area contributed by atoms with Gasteiger partial charge in [0.25, 0.3) is 11.7 Å². The first-order valence-corrected chi connectivity index (χ1v) is 8.64. The van der Waals surface area contributed by atoms with Gasteiger partial charge in [-0.1, -0.05) is 28.1 Å². The van der Waals surface area contributed by atoms with Crippen molar-refractivity contribution in [1.29, 1.82) is 0 Å². The Hall–Kier alpha value is -2.51. The van der Waals surface area contributed by atoms with Crippen molar-refractivity contribution in [2.45, 2.75) is 6.04 Å². The summed E-state index contributed by atoms with van der Waals surface area (Å²) < 4.78 is 13.9. The lowest BCUT2D eigenvalue weighted by molar-refractivity contribution is -0.140. The monoisotopic (exact) mass is 419 g/mol. The number of aliphatic hydroxyl groups is 2. The summed E-state index contributed by atoms with van der Waals surface area (Å²) >= 11 is 3.35. The van der Waals surface area contributed by atoms with E-state index in [1.165, 1.54) is 17.0 Å². The van der Waals surface area contributed by atoms with Crippen molar-refractivity contribution in [2.75, 3.05) is 13.2 Å². The molecule has 1 amide bonds. The Labute approximate surface area is 157 Å². The number of β-amino-alcohol motifs (C(OH)–C–C–N with tert-alkyl or cyclic N) is 1. The van der Waals surface area contributed by atoms with E-state index < -0.39 is 23.5 Å². The fourth-order valence-electron chi connectivity index (χ4n) is 3.00. The second kappa shape index (κ2) is 7.39. The highest BCUT2D eigenvalue weighted by molar-refractivity contribution is 9.10. The van der Waals surface area contributed by atoms with Gasteiger partial charge in [-0.3, -0.25) is 9.59 Å². The summed E-state index contributed by atoms with van der Waals surface area (Å²) in [4.78, 5) is 26.2. The van der Waals surface area contributed by atoms with E-state index in [0.717, 1.165) is 16.6 Å². The molecule has 5 nitrogen and oxygen atoms in total. The zero-order valence-corrected chi connectivity index (χ0v) is 15.1. The Kier molecular flexibility index (Phi) is 5.20. The van der Waals surface area contributed by atoms with Crippen LogP contribution in [0.4, 0.5) is 4.39 Å². The Morgan fingerprint density at radius 2 is 1.85 bits per heavy atom. The highest BCUT2D eigenvalue weighted by atomic mass is 79.9. The number of aliphatic hydroxyl groups excluding tert-OH is 2. The van der Waals surface area contributed by atoms with Crippen LogP contribution in [0.1, 0.15) is 17.2 Å². The molecule has 3 rings (SSSR count). The van der Waals surface area contributed by atoms with Crippen molar-refractivity contribution in [1.82, 2.24) is 4.90 Å². The summed E-state index contributed by atoms with van der Waals surface area (Å²) in [7, 11) is 0. The van der Waals surface area contributed by atoms with Gasteiger partial charge in [0.1, 0.15) is 11.6 Å². The molecule has 134 valence electrons. The van der Waals surface area contributed by atoms with Gasteiger partial charge in [-0.15, -0.1) is 0 Å². The van der Waals surface area contributed by atoms with Crippen molar-refractivity contribution in [3.05, 3.63) is 75.5 Å². The first-order chi connectivity index (χ1) is 12.4. The van der Waals surface area contributed by atoms with E-state index in [0.29, 0.717) is 5.56 Å². The summed E-state index contributed by atoms with van der Waals surface area (Å²) in [5.41, 5.74) is 0.747. The maximum absolute atomic E-state index is 13.2. The van der Waals surface area contributed by atoms with E-state index in [9.17, 15) is 24.2 Å². The van der Waals surface area contributed by atoms with Gasteiger partial charge in [0.15, 0.2) is 0 Å². The molecule has 0 aliphatic carbocycles. The third kappa shape index (κ3) is 3.27. The van der Waals surface area contributed by atoms with Gasteiger partial charge in [0.05, 0.1) is 18.2 Å². The molecule has 1 aliphatic heterocycles. The van der Waals surface area contributed by atoms with Crippen LogP contribution in [0.5, 0.6) is 0 Å². The quantitative estimate of drug-likeness (QED) is 0.453. The number of halogens is 2. The topological polar surface area (TPSA) is 77.8 Å². The van der Waals surface area contributed by atoms with Crippen LogP contribution in [0.3, 0.4) is 0 Å². The normalized spacial score (nSPS) is 19.2. The summed E-state index contributed by atoms with van der Waals surface area (Å²) in [5.74, 6) is -2.50. The van der Waals surface area contributed by atoms with Crippen LogP contribution in [0.15, 0.2) is 58.6 Å². The predicted octanol–water partition coefficient (Wildman–Crippen LogP) is 3.00. The maximum Gasteiger partial charge on any atom is 0.295 e. The minimum atomic E-state index is -0.843. The Balaban J connectivity index is 2.19. The lowest BCUT2D eigenvalue weighted by Crippen LogP contribution is -2.32. The van der Waals surface area contributed by atoms with Gasteiger partial charge >= 0.3 is 0 Å². The standard InChI is InChI=1S/C19H15BrFNO4/c20-13-3-1-2-12(10-13)16-15(18(25)19(26)22(16)8-9-23)17(24)11-4-6-14(21)7-5-11/h1-7,10,16,23-24H,8-9H2/b17-15-. The summed E-state index contributed by atoms with van der Waals surface area (Å²) in [5, 5.41) is 20.0. The Morgan fingerprint density at radius 1 is 1.15 bits per heavy atom. The molecule has 2 aromatic carbocycles. The molecule has 7 heteroatoms. The van der Waals surface area contributed by atoms with Crippen LogP contribution in [0.2, 0.25) is 0 Å². The fourth-order valence-corrected chi connectivity index (χ4v) is 3.42. The third-order valence-corrected chi connectivity index (χ3v) is 4.66. The van der Waals surface area contributed by atoms with Gasteiger partial charge in [-0.25, -0.2) is 4.39 Å². The second-order valence-electron chi connectivity index (χ2n) is 5.78. The van der Waals surface area contributed by atoms with Gasteiger partial charge in [0, 0.05) is 16.6 Å². The molecule has 1 fully saturated rings. The zero-order chi connectivity index (χ0) is 18.8. The number of carbonyl (C=O) groups excluding carboxylic acids is 2. The smallest absolute Gasteiger partial charge is 0.295 e. The van der Waals surface area contributed by atoms with E-state index in [4.69, 9.17) is 0 Å². The lowest BCUT2D eigenvalue weighted by atomic mass is 9.95. The average molecular weight is 420 g/mol. The van der Waals surface area contributed by atoms with Crippen molar-refractivity contribution < 1.29 is 24.2 Å². The number of carbonyl (C=O) groups is 2. The number of ketones is 1. The van der Waals surface area contributed by atoms with E-state index in [2.05, 4.69) is 15.9 Å². The minimum Gasteiger partial charge on any atom is -0.507 e. The van der Waals surface area contributed by atoms with Crippen LogP contribution in [0, 0.1) is 5.82 Å². The number of hydrogen-bond acceptors (Lipinski definition) is 4. The molecule has 0 radical (unpaired) electrons. The minimum absolute atomic E-state index is 0.0536. The number of amides is 1. The van der Waals surface area contributed by atoms with Crippen LogP contribution >= 0.6 is 15.9 Å². The van der Waals surface area contributed by atoms with Crippen LogP contribution in [0.25, 0.3) is 5.76 Å². The molecule has 1 aliphatic rings. The van der Waals surface area contributed by atoms with Crippen LogP contribution in [-0.4, -0.2) is 40.0 Å². The first kappa shape index (κ1) is 18.3. The first-order valence-electron chi connectivity index (χ1n) is 7.84. The molecule has 2 aromatic rings. The molecule has 26 heavy (non-hydrogen) atoms. The highest BCUT2D eigenvalue weighted by Gasteiger charge is 2.45. The summed E-state index contributed by atoms with van der Waals surface area (Å²) in [6, 6.07) is 11.1. The number of nitrogens with zero attached hydrogens (tertiary/aromatic N) is 1. The molecule has 1 unspecified atom stereocenters. The SMILES string of the molecule is O=C1C(=O)N(CCO)C(c2cccc(Br)c2)/C1=C(/O)c1ccc(F)cc1. The average Bonchev–Trinajstić information content (AvgIpc) is 2.87. The Bertz CT molecular complexity index is 895. The molecule has 0 saturated carbocycles. The lowest BCUT2D eigenvalue weighted by Gasteiger charge is -2.24. The molecule has 0 spiro atoms. The zero-order valence-electron chi connectivity index (χ0n) is 13.5. The molecule has 0 aromatic heterocycles. The largest absolute Gasteiger partial charge is 0.507 e. The van der Waals surface area contributed by atoms with Crippen molar-refractivity contribution >= 4 is 33.4 Å². The van der Waals surface area contributed by atoms with Crippen LogP contribution < -0.4 is 0 Å². The molecule has 1 heterocycles.